The Bertz CT molecular complexity index is 872. The van der Waals surface area contributed by atoms with Gasteiger partial charge in [0.15, 0.2) is 5.82 Å². The van der Waals surface area contributed by atoms with Gasteiger partial charge in [0.25, 0.3) is 0 Å². The molecule has 2 N–H and O–H groups in total. The fourth-order valence-corrected chi connectivity index (χ4v) is 2.25. The second-order valence-corrected chi connectivity index (χ2v) is 5.08. The van der Waals surface area contributed by atoms with Gasteiger partial charge in [-0.25, -0.2) is 14.8 Å². The number of carboxylic acids is 1. The van der Waals surface area contributed by atoms with E-state index in [0.717, 1.165) is 5.56 Å². The fourth-order valence-electron chi connectivity index (χ4n) is 2.25. The van der Waals surface area contributed by atoms with Crippen LogP contribution in [0.3, 0.4) is 0 Å². The Labute approximate surface area is 132 Å². The summed E-state index contributed by atoms with van der Waals surface area (Å²) < 4.78 is 1.66. The molecular weight excluding hydrogens is 294 g/mol. The van der Waals surface area contributed by atoms with E-state index < -0.39 is 5.97 Å². The van der Waals surface area contributed by atoms with Gasteiger partial charge in [0.1, 0.15) is 0 Å². The minimum Gasteiger partial charge on any atom is -0.478 e. The van der Waals surface area contributed by atoms with Crippen molar-refractivity contribution in [2.24, 2.45) is 7.05 Å². The van der Waals surface area contributed by atoms with Crippen molar-refractivity contribution in [3.8, 4) is 11.3 Å². The average molecular weight is 309 g/mol. The van der Waals surface area contributed by atoms with Crippen molar-refractivity contribution in [2.75, 3.05) is 5.32 Å². The summed E-state index contributed by atoms with van der Waals surface area (Å²) in [4.78, 5) is 20.1. The number of aromatic nitrogens is 4. The first-order valence-corrected chi connectivity index (χ1v) is 6.97. The Morgan fingerprint density at radius 3 is 2.74 bits per heavy atom. The molecule has 7 nitrogen and oxygen atoms in total. The number of aromatic carboxylic acids is 1. The summed E-state index contributed by atoms with van der Waals surface area (Å²) in [6.07, 6.45) is 3.46. The molecule has 0 atom stereocenters. The lowest BCUT2D eigenvalue weighted by Crippen LogP contribution is -2.04. The van der Waals surface area contributed by atoms with Crippen LogP contribution in [0.15, 0.2) is 42.7 Å². The number of aryl methyl sites for hydroxylation is 2. The van der Waals surface area contributed by atoms with E-state index in [1.54, 1.807) is 47.4 Å². The first kappa shape index (κ1) is 14.7. The maximum Gasteiger partial charge on any atom is 0.336 e. The van der Waals surface area contributed by atoms with Crippen molar-refractivity contribution < 1.29 is 9.90 Å². The highest BCUT2D eigenvalue weighted by Crippen LogP contribution is 2.26. The van der Waals surface area contributed by atoms with Crippen molar-refractivity contribution in [1.82, 2.24) is 19.7 Å². The van der Waals surface area contributed by atoms with Crippen LogP contribution in [0.5, 0.6) is 0 Å². The van der Waals surface area contributed by atoms with Crippen molar-refractivity contribution >= 4 is 17.7 Å². The lowest BCUT2D eigenvalue weighted by Gasteiger charge is -2.10. The largest absolute Gasteiger partial charge is 0.478 e. The lowest BCUT2D eigenvalue weighted by molar-refractivity contribution is 0.0697. The molecule has 2 heterocycles. The molecule has 0 bridgehead atoms. The summed E-state index contributed by atoms with van der Waals surface area (Å²) in [6.45, 7) is 1.85. The number of carboxylic acid groups (broad SMARTS) is 1. The van der Waals surface area contributed by atoms with E-state index in [2.05, 4.69) is 20.4 Å². The molecule has 0 aliphatic carbocycles. The molecule has 0 unspecified atom stereocenters. The van der Waals surface area contributed by atoms with Crippen molar-refractivity contribution in [3.05, 3.63) is 53.9 Å². The number of nitrogens with one attached hydrogen (secondary N) is 1. The molecule has 3 rings (SSSR count). The van der Waals surface area contributed by atoms with Crippen LogP contribution in [0.1, 0.15) is 15.9 Å². The Kier molecular flexibility index (Phi) is 3.76. The van der Waals surface area contributed by atoms with E-state index in [4.69, 9.17) is 0 Å². The van der Waals surface area contributed by atoms with Crippen molar-refractivity contribution in [2.45, 2.75) is 6.92 Å². The van der Waals surface area contributed by atoms with Gasteiger partial charge in [-0.05, 0) is 18.6 Å². The number of nitrogens with zero attached hydrogens (tertiary/aromatic N) is 4. The third-order valence-corrected chi connectivity index (χ3v) is 3.34. The molecule has 0 aliphatic rings. The zero-order valence-electron chi connectivity index (χ0n) is 12.7. The Hall–Kier alpha value is -3.22. The van der Waals surface area contributed by atoms with Gasteiger partial charge < -0.3 is 10.4 Å². The van der Waals surface area contributed by atoms with Crippen molar-refractivity contribution in [1.29, 1.82) is 0 Å². The molecular formula is C16H15N5O2. The molecule has 0 fully saturated rings. The molecule has 0 aliphatic heterocycles. The van der Waals surface area contributed by atoms with E-state index in [1.165, 1.54) is 0 Å². The SMILES string of the molecule is Cc1cnc(Nc2ccn(C)n2)nc1-c1ccccc1C(=O)O. The monoisotopic (exact) mass is 309 g/mol. The van der Waals surface area contributed by atoms with Gasteiger partial charge in [-0.3, -0.25) is 4.68 Å². The van der Waals surface area contributed by atoms with Crippen LogP contribution in [0, 0.1) is 6.92 Å². The lowest BCUT2D eigenvalue weighted by atomic mass is 10.0. The van der Waals surface area contributed by atoms with E-state index >= 15 is 0 Å². The van der Waals surface area contributed by atoms with E-state index in [0.29, 0.717) is 23.0 Å². The predicted molar refractivity (Wildman–Crippen MR) is 85.7 cm³/mol. The van der Waals surface area contributed by atoms with E-state index in [9.17, 15) is 9.90 Å². The number of carbonyl (C=O) groups is 1. The molecule has 2 aromatic heterocycles. The quantitative estimate of drug-likeness (QED) is 0.769. The van der Waals surface area contributed by atoms with Gasteiger partial charge in [-0.1, -0.05) is 18.2 Å². The summed E-state index contributed by atoms with van der Waals surface area (Å²) in [5, 5.41) is 16.6. The fraction of sp³-hybridized carbons (Fsp3) is 0.125. The molecule has 3 aromatic rings. The third kappa shape index (κ3) is 3.03. The minimum atomic E-state index is -0.988. The first-order chi connectivity index (χ1) is 11.0. The summed E-state index contributed by atoms with van der Waals surface area (Å²) in [7, 11) is 1.82. The Balaban J connectivity index is 2.03. The second kappa shape index (κ2) is 5.88. The molecule has 0 amide bonds. The van der Waals surface area contributed by atoms with Crippen LogP contribution < -0.4 is 5.32 Å². The molecule has 23 heavy (non-hydrogen) atoms. The number of rotatable bonds is 4. The first-order valence-electron chi connectivity index (χ1n) is 6.97. The maximum atomic E-state index is 11.4. The summed E-state index contributed by atoms with van der Waals surface area (Å²) in [5.41, 5.74) is 2.14. The Morgan fingerprint density at radius 1 is 1.26 bits per heavy atom. The summed E-state index contributed by atoms with van der Waals surface area (Å²) in [5.74, 6) is -0.00355. The van der Waals surface area contributed by atoms with Crippen LogP contribution in [0.4, 0.5) is 11.8 Å². The zero-order chi connectivity index (χ0) is 16.4. The highest BCUT2D eigenvalue weighted by molar-refractivity contribution is 5.95. The standard InChI is InChI=1S/C16H15N5O2/c1-10-9-17-16(18-13-7-8-21(2)20-13)19-14(10)11-5-3-4-6-12(11)15(22)23/h3-9H,1-2H3,(H,22,23)(H,17,18,19,20). The second-order valence-electron chi connectivity index (χ2n) is 5.08. The van der Waals surface area contributed by atoms with Crippen LogP contribution in [-0.4, -0.2) is 30.8 Å². The highest BCUT2D eigenvalue weighted by atomic mass is 16.4. The molecule has 116 valence electrons. The number of anilines is 2. The molecule has 0 saturated heterocycles. The molecule has 0 spiro atoms. The number of hydrogen-bond acceptors (Lipinski definition) is 5. The van der Waals surface area contributed by atoms with Gasteiger partial charge in [-0.15, -0.1) is 0 Å². The van der Waals surface area contributed by atoms with Gasteiger partial charge >= 0.3 is 5.97 Å². The zero-order valence-corrected chi connectivity index (χ0v) is 12.7. The number of hydrogen-bond donors (Lipinski definition) is 2. The van der Waals surface area contributed by atoms with Crippen molar-refractivity contribution in [3.63, 3.8) is 0 Å². The third-order valence-electron chi connectivity index (χ3n) is 3.34. The predicted octanol–water partition coefficient (Wildman–Crippen LogP) is 2.63. The smallest absolute Gasteiger partial charge is 0.336 e. The van der Waals surface area contributed by atoms with Gasteiger partial charge in [0, 0.05) is 31.1 Å². The van der Waals surface area contributed by atoms with E-state index in [-0.39, 0.29) is 5.56 Å². The van der Waals surface area contributed by atoms with Crippen LogP contribution in [0.25, 0.3) is 11.3 Å². The molecule has 0 saturated carbocycles. The minimum absolute atomic E-state index is 0.207. The van der Waals surface area contributed by atoms with Gasteiger partial charge in [0.05, 0.1) is 11.3 Å². The van der Waals surface area contributed by atoms with Gasteiger partial charge in [-0.2, -0.15) is 5.10 Å². The van der Waals surface area contributed by atoms with Crippen LogP contribution in [-0.2, 0) is 7.05 Å². The maximum absolute atomic E-state index is 11.4. The average Bonchev–Trinajstić information content (AvgIpc) is 2.94. The highest BCUT2D eigenvalue weighted by Gasteiger charge is 2.15. The van der Waals surface area contributed by atoms with Gasteiger partial charge in [0.2, 0.25) is 5.95 Å². The normalized spacial score (nSPS) is 10.5. The molecule has 7 heteroatoms. The van der Waals surface area contributed by atoms with E-state index in [1.807, 2.05) is 14.0 Å². The van der Waals surface area contributed by atoms with Crippen LogP contribution >= 0.6 is 0 Å². The number of benzene rings is 1. The summed E-state index contributed by atoms with van der Waals surface area (Å²) in [6, 6.07) is 8.58. The Morgan fingerprint density at radius 2 is 2.04 bits per heavy atom. The topological polar surface area (TPSA) is 92.9 Å². The molecule has 0 radical (unpaired) electrons. The summed E-state index contributed by atoms with van der Waals surface area (Å²) >= 11 is 0. The molecule has 1 aromatic carbocycles. The van der Waals surface area contributed by atoms with Crippen LogP contribution in [0.2, 0.25) is 0 Å².